The fraction of sp³-hybridized carbons (Fsp3) is 0.182. The van der Waals surface area contributed by atoms with E-state index < -0.39 is 10.0 Å². The molecule has 2 N–H and O–H groups in total. The molecular formula is C22H21N3O5S. The minimum Gasteiger partial charge on any atom is -0.484 e. The number of para-hydroxylation sites is 1. The first kappa shape index (κ1) is 22.1. The first-order valence-electron chi connectivity index (χ1n) is 9.38. The van der Waals surface area contributed by atoms with Crippen molar-refractivity contribution in [2.45, 2.75) is 18.9 Å². The van der Waals surface area contributed by atoms with E-state index in [1.807, 2.05) is 0 Å². The van der Waals surface area contributed by atoms with Crippen LogP contribution < -0.4 is 14.8 Å². The van der Waals surface area contributed by atoms with Crippen LogP contribution in [-0.4, -0.2) is 21.4 Å². The van der Waals surface area contributed by atoms with Crippen molar-refractivity contribution in [3.05, 3.63) is 88.9 Å². The fourth-order valence-corrected chi connectivity index (χ4v) is 3.50. The Morgan fingerprint density at radius 2 is 1.77 bits per heavy atom. The van der Waals surface area contributed by atoms with Gasteiger partial charge in [0.1, 0.15) is 24.2 Å². The highest BCUT2D eigenvalue weighted by atomic mass is 32.2. The predicted molar refractivity (Wildman–Crippen MR) is 113 cm³/mol. The second-order valence-electron chi connectivity index (χ2n) is 6.62. The van der Waals surface area contributed by atoms with Crippen molar-refractivity contribution in [2.24, 2.45) is 0 Å². The molecule has 9 heteroatoms. The lowest BCUT2D eigenvalue weighted by atomic mass is 10.1. The van der Waals surface area contributed by atoms with Gasteiger partial charge in [0.15, 0.2) is 5.76 Å². The molecule has 1 amide bonds. The average Bonchev–Trinajstić information content (AvgIpc) is 3.26. The Balaban J connectivity index is 1.52. The van der Waals surface area contributed by atoms with Crippen LogP contribution in [0.5, 0.6) is 5.75 Å². The van der Waals surface area contributed by atoms with Gasteiger partial charge in [-0.15, -0.1) is 0 Å². The minimum absolute atomic E-state index is 0.0863. The molecule has 31 heavy (non-hydrogen) atoms. The summed E-state index contributed by atoms with van der Waals surface area (Å²) in [6.07, 6.45) is 0. The third kappa shape index (κ3) is 6.18. The van der Waals surface area contributed by atoms with E-state index in [0.717, 1.165) is 5.56 Å². The van der Waals surface area contributed by atoms with Gasteiger partial charge in [-0.2, -0.15) is 5.26 Å². The molecule has 0 saturated carbocycles. The Morgan fingerprint density at radius 3 is 2.48 bits per heavy atom. The molecule has 3 rings (SSSR count). The second-order valence-corrected chi connectivity index (χ2v) is 8.55. The van der Waals surface area contributed by atoms with E-state index in [2.05, 4.69) is 16.1 Å². The van der Waals surface area contributed by atoms with Gasteiger partial charge in [-0.25, -0.2) is 13.1 Å². The maximum absolute atomic E-state index is 12.3. The number of hydrogen-bond donors (Lipinski definition) is 2. The van der Waals surface area contributed by atoms with E-state index in [1.165, 1.54) is 7.05 Å². The zero-order valence-electron chi connectivity index (χ0n) is 16.8. The summed E-state index contributed by atoms with van der Waals surface area (Å²) in [6, 6.07) is 19.0. The molecule has 0 spiro atoms. The van der Waals surface area contributed by atoms with Gasteiger partial charge >= 0.3 is 0 Å². The maximum Gasteiger partial charge on any atom is 0.287 e. The number of rotatable bonds is 9. The number of benzene rings is 2. The molecule has 0 atom stereocenters. The van der Waals surface area contributed by atoms with Gasteiger partial charge in [0.05, 0.1) is 11.3 Å². The molecule has 0 aliphatic carbocycles. The van der Waals surface area contributed by atoms with Gasteiger partial charge in [0.25, 0.3) is 5.91 Å². The van der Waals surface area contributed by atoms with Crippen LogP contribution in [0.25, 0.3) is 0 Å². The highest BCUT2D eigenvalue weighted by Gasteiger charge is 2.13. The van der Waals surface area contributed by atoms with Crippen LogP contribution in [0.2, 0.25) is 0 Å². The van der Waals surface area contributed by atoms with Gasteiger partial charge in [0, 0.05) is 6.54 Å². The first-order valence-corrected chi connectivity index (χ1v) is 11.0. The molecular weight excluding hydrogens is 418 g/mol. The van der Waals surface area contributed by atoms with Gasteiger partial charge in [-0.1, -0.05) is 36.4 Å². The molecule has 0 fully saturated rings. The van der Waals surface area contributed by atoms with Crippen molar-refractivity contribution in [3.63, 3.8) is 0 Å². The molecule has 160 valence electrons. The number of amides is 1. The molecule has 1 heterocycles. The number of hydrogen-bond acceptors (Lipinski definition) is 6. The number of nitrogens with one attached hydrogen (secondary N) is 2. The summed E-state index contributed by atoms with van der Waals surface area (Å²) in [5, 5.41) is 11.8. The van der Waals surface area contributed by atoms with Crippen LogP contribution in [0.1, 0.15) is 33.0 Å². The van der Waals surface area contributed by atoms with Crippen molar-refractivity contribution in [3.8, 4) is 11.8 Å². The van der Waals surface area contributed by atoms with E-state index in [9.17, 15) is 13.2 Å². The number of nitrogens with zero attached hydrogens (tertiary/aromatic N) is 1. The van der Waals surface area contributed by atoms with E-state index in [4.69, 9.17) is 14.4 Å². The summed E-state index contributed by atoms with van der Waals surface area (Å²) in [5.74, 6) is 0.549. The van der Waals surface area contributed by atoms with Crippen LogP contribution in [0, 0.1) is 11.3 Å². The number of carbonyl (C=O) groups is 1. The number of sulfonamides is 1. The zero-order chi connectivity index (χ0) is 22.3. The Morgan fingerprint density at radius 1 is 1.06 bits per heavy atom. The van der Waals surface area contributed by atoms with Gasteiger partial charge in [-0.05, 0) is 42.4 Å². The van der Waals surface area contributed by atoms with Crippen molar-refractivity contribution in [2.75, 3.05) is 7.05 Å². The summed E-state index contributed by atoms with van der Waals surface area (Å²) in [4.78, 5) is 12.3. The number of carbonyl (C=O) groups excluding carboxylic acids is 1. The van der Waals surface area contributed by atoms with Gasteiger partial charge in [-0.3, -0.25) is 4.79 Å². The van der Waals surface area contributed by atoms with E-state index in [1.54, 1.807) is 60.7 Å². The molecule has 2 aromatic carbocycles. The first-order chi connectivity index (χ1) is 14.9. The SMILES string of the molecule is CNS(=O)(=O)Cc1ccc(CNC(=O)c2ccc(COc3ccccc3C#N)o2)cc1. The molecule has 0 aliphatic rings. The van der Waals surface area contributed by atoms with Crippen molar-refractivity contribution in [1.29, 1.82) is 5.26 Å². The minimum atomic E-state index is -3.33. The predicted octanol–water partition coefficient (Wildman–Crippen LogP) is 2.71. The van der Waals surface area contributed by atoms with Crippen molar-refractivity contribution >= 4 is 15.9 Å². The molecule has 0 saturated heterocycles. The molecule has 0 radical (unpaired) electrons. The number of nitriles is 1. The molecule has 0 aliphatic heterocycles. The molecule has 8 nitrogen and oxygen atoms in total. The van der Waals surface area contributed by atoms with Crippen LogP contribution in [0.15, 0.2) is 65.1 Å². The Kier molecular flexibility index (Phi) is 7.07. The van der Waals surface area contributed by atoms with Gasteiger partial charge in [0.2, 0.25) is 10.0 Å². The van der Waals surface area contributed by atoms with E-state index in [-0.39, 0.29) is 30.6 Å². The van der Waals surface area contributed by atoms with Crippen LogP contribution in [0.4, 0.5) is 0 Å². The third-order valence-electron chi connectivity index (χ3n) is 4.41. The largest absolute Gasteiger partial charge is 0.484 e. The standard InChI is InChI=1S/C22H21N3O5S/c1-24-31(27,28)15-17-8-6-16(7-9-17)13-25-22(26)21-11-10-19(30-21)14-29-20-5-3-2-4-18(20)12-23/h2-11,24H,13-15H2,1H3,(H,25,26). The van der Waals surface area contributed by atoms with E-state index in [0.29, 0.717) is 22.6 Å². The summed E-state index contributed by atoms with van der Waals surface area (Å²) >= 11 is 0. The summed E-state index contributed by atoms with van der Waals surface area (Å²) in [6.45, 7) is 0.350. The Bertz CT molecular complexity index is 1190. The third-order valence-corrected chi connectivity index (χ3v) is 5.74. The summed E-state index contributed by atoms with van der Waals surface area (Å²) < 4.78 is 36.6. The quantitative estimate of drug-likeness (QED) is 0.529. The normalized spacial score (nSPS) is 11.0. The van der Waals surface area contributed by atoms with Gasteiger partial charge < -0.3 is 14.5 Å². The second kappa shape index (κ2) is 9.93. The highest BCUT2D eigenvalue weighted by molar-refractivity contribution is 7.88. The lowest BCUT2D eigenvalue weighted by Gasteiger charge is -2.07. The number of furan rings is 1. The van der Waals surface area contributed by atoms with Crippen molar-refractivity contribution in [1.82, 2.24) is 10.0 Å². The molecule has 0 bridgehead atoms. The molecule has 1 aromatic heterocycles. The Labute approximate surface area is 180 Å². The maximum atomic E-state index is 12.3. The average molecular weight is 439 g/mol. The molecule has 0 unspecified atom stereocenters. The van der Waals surface area contributed by atoms with E-state index >= 15 is 0 Å². The summed E-state index contributed by atoms with van der Waals surface area (Å²) in [7, 11) is -1.96. The fourth-order valence-electron chi connectivity index (χ4n) is 2.73. The van der Waals surface area contributed by atoms with Crippen LogP contribution in [0.3, 0.4) is 0 Å². The highest BCUT2D eigenvalue weighted by Crippen LogP contribution is 2.19. The monoisotopic (exact) mass is 439 g/mol. The number of ether oxygens (including phenoxy) is 1. The topological polar surface area (TPSA) is 121 Å². The summed E-state index contributed by atoms with van der Waals surface area (Å²) in [5.41, 5.74) is 1.89. The zero-order valence-corrected chi connectivity index (χ0v) is 17.6. The van der Waals surface area contributed by atoms with Crippen LogP contribution in [-0.2, 0) is 28.9 Å². The van der Waals surface area contributed by atoms with Crippen LogP contribution >= 0.6 is 0 Å². The lowest BCUT2D eigenvalue weighted by Crippen LogP contribution is -2.22. The Hall–Kier alpha value is -3.61. The van der Waals surface area contributed by atoms with Crippen molar-refractivity contribution < 1.29 is 22.4 Å². The lowest BCUT2D eigenvalue weighted by molar-refractivity contribution is 0.0919. The smallest absolute Gasteiger partial charge is 0.287 e. The molecule has 3 aromatic rings.